The fourth-order valence-electron chi connectivity index (χ4n) is 3.00. The predicted octanol–water partition coefficient (Wildman–Crippen LogP) is 2.54. The van der Waals surface area contributed by atoms with Gasteiger partial charge in [-0.3, -0.25) is 14.7 Å². The number of carbonyl (C=O) groups is 1. The van der Waals surface area contributed by atoms with Gasteiger partial charge >= 0.3 is 5.97 Å². The zero-order valence-corrected chi connectivity index (χ0v) is 18.0. The number of methoxy groups -OCH3 is 1. The van der Waals surface area contributed by atoms with Crippen molar-refractivity contribution in [2.45, 2.75) is 38.6 Å². The molecule has 1 saturated heterocycles. The molecule has 0 amide bonds. The maximum absolute atomic E-state index is 11.2. The first kappa shape index (κ1) is 22.8. The number of nitrogens with one attached hydrogen (secondary N) is 2. The summed E-state index contributed by atoms with van der Waals surface area (Å²) in [5.41, 5.74) is 0. The van der Waals surface area contributed by atoms with E-state index in [4.69, 9.17) is 9.41 Å². The molecule has 1 aromatic rings. The summed E-state index contributed by atoms with van der Waals surface area (Å²) in [4.78, 5) is 18.4. The van der Waals surface area contributed by atoms with Gasteiger partial charge in [0.1, 0.15) is 5.76 Å². The number of guanidine groups is 1. The number of carbonyl (C=O) groups excluding carboxylic acids is 1. The van der Waals surface area contributed by atoms with Gasteiger partial charge in [-0.25, -0.2) is 0 Å². The van der Waals surface area contributed by atoms with Gasteiger partial charge in [-0.2, -0.15) is 0 Å². The molecule has 0 bridgehead atoms. The molecule has 0 radical (unpaired) electrons. The van der Waals surface area contributed by atoms with Gasteiger partial charge in [-0.1, -0.05) is 6.42 Å². The second-order valence-electron chi connectivity index (χ2n) is 6.10. The second-order valence-corrected chi connectivity index (χ2v) is 6.10. The van der Waals surface area contributed by atoms with Crippen molar-refractivity contribution in [3.8, 4) is 0 Å². The standard InChI is InChI=1S/C18H30N4O3.HI/c1-3-19-18(20-10-9-17(23)24-2)21-14-15(16-8-7-13-25-16)22-11-5-4-6-12-22;/h7-8,13,15H,3-6,9-12,14H2,1-2H3,(H2,19,20,21);1H. The Hall–Kier alpha value is -1.29. The van der Waals surface area contributed by atoms with Crippen LogP contribution in [0.3, 0.4) is 0 Å². The van der Waals surface area contributed by atoms with E-state index in [1.807, 2.05) is 19.1 Å². The highest BCUT2D eigenvalue weighted by atomic mass is 127. The lowest BCUT2D eigenvalue weighted by Gasteiger charge is -2.32. The maximum atomic E-state index is 11.2. The number of furan rings is 1. The van der Waals surface area contributed by atoms with Crippen LogP contribution >= 0.6 is 24.0 Å². The molecule has 7 nitrogen and oxygen atoms in total. The zero-order chi connectivity index (χ0) is 17.9. The van der Waals surface area contributed by atoms with Crippen molar-refractivity contribution < 1.29 is 13.9 Å². The molecule has 1 fully saturated rings. The Morgan fingerprint density at radius 3 is 2.73 bits per heavy atom. The normalized spacial score (nSPS) is 16.5. The van der Waals surface area contributed by atoms with Gasteiger partial charge in [0.25, 0.3) is 0 Å². The van der Waals surface area contributed by atoms with Gasteiger partial charge in [-0.15, -0.1) is 24.0 Å². The first-order valence-corrected chi connectivity index (χ1v) is 9.11. The van der Waals surface area contributed by atoms with Crippen molar-refractivity contribution in [2.75, 3.05) is 39.8 Å². The summed E-state index contributed by atoms with van der Waals surface area (Å²) >= 11 is 0. The van der Waals surface area contributed by atoms with Crippen LogP contribution in [0.4, 0.5) is 0 Å². The van der Waals surface area contributed by atoms with E-state index in [0.717, 1.165) is 25.4 Å². The van der Waals surface area contributed by atoms with Crippen LogP contribution < -0.4 is 10.6 Å². The van der Waals surface area contributed by atoms with Crippen LogP contribution in [-0.2, 0) is 9.53 Å². The molecule has 1 atom stereocenters. The molecule has 2 heterocycles. The fourth-order valence-corrected chi connectivity index (χ4v) is 3.00. The number of hydrogen-bond acceptors (Lipinski definition) is 5. The molecule has 0 aromatic carbocycles. The lowest BCUT2D eigenvalue weighted by atomic mass is 10.1. The van der Waals surface area contributed by atoms with Crippen molar-refractivity contribution in [3.05, 3.63) is 24.2 Å². The predicted molar refractivity (Wildman–Crippen MR) is 113 cm³/mol. The average Bonchev–Trinajstić information content (AvgIpc) is 3.17. The number of ether oxygens (including phenoxy) is 1. The SMILES string of the molecule is CCNC(=NCC(c1ccco1)N1CCCCC1)NCCC(=O)OC.I. The topological polar surface area (TPSA) is 79.1 Å². The van der Waals surface area contributed by atoms with E-state index in [1.54, 1.807) is 6.26 Å². The van der Waals surface area contributed by atoms with Crippen LogP contribution in [0.25, 0.3) is 0 Å². The molecule has 1 unspecified atom stereocenters. The minimum absolute atomic E-state index is 0. The smallest absolute Gasteiger partial charge is 0.307 e. The molecular formula is C18H31IN4O3. The number of likely N-dealkylation sites (tertiary alicyclic amines) is 1. The van der Waals surface area contributed by atoms with Crippen LogP contribution in [0.2, 0.25) is 0 Å². The van der Waals surface area contributed by atoms with Crippen molar-refractivity contribution in [2.24, 2.45) is 4.99 Å². The van der Waals surface area contributed by atoms with Crippen molar-refractivity contribution in [3.63, 3.8) is 0 Å². The number of esters is 1. The first-order chi connectivity index (χ1) is 12.2. The van der Waals surface area contributed by atoms with Gasteiger partial charge in [-0.05, 0) is 45.0 Å². The second kappa shape index (κ2) is 13.0. The highest BCUT2D eigenvalue weighted by molar-refractivity contribution is 14.0. The monoisotopic (exact) mass is 478 g/mol. The summed E-state index contributed by atoms with van der Waals surface area (Å²) in [5.74, 6) is 1.43. The number of nitrogens with zero attached hydrogens (tertiary/aromatic N) is 2. The first-order valence-electron chi connectivity index (χ1n) is 9.11. The maximum Gasteiger partial charge on any atom is 0.307 e. The Labute approximate surface area is 173 Å². The van der Waals surface area contributed by atoms with E-state index < -0.39 is 0 Å². The van der Waals surface area contributed by atoms with Crippen LogP contribution in [0.5, 0.6) is 0 Å². The summed E-state index contributed by atoms with van der Waals surface area (Å²) in [5, 5.41) is 6.39. The molecule has 2 rings (SSSR count). The Balaban J connectivity index is 0.00000338. The van der Waals surface area contributed by atoms with Crippen molar-refractivity contribution >= 4 is 35.9 Å². The van der Waals surface area contributed by atoms with Gasteiger partial charge in [0.2, 0.25) is 0 Å². The minimum Gasteiger partial charge on any atom is -0.469 e. The zero-order valence-electron chi connectivity index (χ0n) is 15.7. The number of aliphatic imine (C=N–C) groups is 1. The van der Waals surface area contributed by atoms with Crippen LogP contribution in [-0.4, -0.2) is 56.7 Å². The Kier molecular flexibility index (Phi) is 11.3. The molecule has 1 aliphatic rings. The lowest BCUT2D eigenvalue weighted by Crippen LogP contribution is -2.40. The summed E-state index contributed by atoms with van der Waals surface area (Å²) in [6, 6.07) is 4.09. The van der Waals surface area contributed by atoms with E-state index in [1.165, 1.54) is 26.4 Å². The van der Waals surface area contributed by atoms with Crippen molar-refractivity contribution in [1.82, 2.24) is 15.5 Å². The van der Waals surface area contributed by atoms with E-state index in [9.17, 15) is 4.79 Å². The van der Waals surface area contributed by atoms with E-state index >= 15 is 0 Å². The Morgan fingerprint density at radius 1 is 1.35 bits per heavy atom. The van der Waals surface area contributed by atoms with E-state index in [2.05, 4.69) is 20.3 Å². The quantitative estimate of drug-likeness (QED) is 0.259. The molecule has 26 heavy (non-hydrogen) atoms. The number of halogens is 1. The molecule has 148 valence electrons. The molecule has 0 saturated carbocycles. The van der Waals surface area contributed by atoms with Gasteiger partial charge in [0, 0.05) is 13.1 Å². The molecule has 0 aliphatic carbocycles. The molecule has 8 heteroatoms. The highest BCUT2D eigenvalue weighted by Gasteiger charge is 2.24. The molecular weight excluding hydrogens is 447 g/mol. The summed E-state index contributed by atoms with van der Waals surface area (Å²) < 4.78 is 10.3. The average molecular weight is 478 g/mol. The van der Waals surface area contributed by atoms with Gasteiger partial charge in [0.05, 0.1) is 32.4 Å². The van der Waals surface area contributed by atoms with Gasteiger partial charge in [0.15, 0.2) is 5.96 Å². The van der Waals surface area contributed by atoms with Crippen LogP contribution in [0.15, 0.2) is 27.8 Å². The van der Waals surface area contributed by atoms with E-state index in [0.29, 0.717) is 25.5 Å². The third-order valence-corrected chi connectivity index (χ3v) is 4.32. The minimum atomic E-state index is -0.231. The van der Waals surface area contributed by atoms with Crippen LogP contribution in [0.1, 0.15) is 44.4 Å². The largest absolute Gasteiger partial charge is 0.469 e. The van der Waals surface area contributed by atoms with Crippen LogP contribution in [0, 0.1) is 0 Å². The summed E-state index contributed by atoms with van der Waals surface area (Å²) in [7, 11) is 1.40. The Morgan fingerprint density at radius 2 is 2.12 bits per heavy atom. The third-order valence-electron chi connectivity index (χ3n) is 4.32. The van der Waals surface area contributed by atoms with Crippen molar-refractivity contribution in [1.29, 1.82) is 0 Å². The number of rotatable bonds is 8. The lowest BCUT2D eigenvalue weighted by molar-refractivity contribution is -0.140. The summed E-state index contributed by atoms with van der Waals surface area (Å²) in [6.45, 7) is 6.04. The molecule has 1 aromatic heterocycles. The summed E-state index contributed by atoms with van der Waals surface area (Å²) in [6.07, 6.45) is 5.77. The molecule has 0 spiro atoms. The molecule has 1 aliphatic heterocycles. The number of piperidine rings is 1. The number of hydrogen-bond donors (Lipinski definition) is 2. The fraction of sp³-hybridized carbons (Fsp3) is 0.667. The Bertz CT molecular complexity index is 531. The highest BCUT2D eigenvalue weighted by Crippen LogP contribution is 2.25. The van der Waals surface area contributed by atoms with E-state index in [-0.39, 0.29) is 36.0 Å². The van der Waals surface area contributed by atoms with Gasteiger partial charge < -0.3 is 19.8 Å². The third kappa shape index (κ3) is 7.53. The molecule has 2 N–H and O–H groups in total.